The van der Waals surface area contributed by atoms with E-state index in [1.165, 1.54) is 0 Å². The lowest BCUT2D eigenvalue weighted by Crippen LogP contribution is -2.40. The monoisotopic (exact) mass is 256 g/mol. The Bertz CT molecular complexity index is 381. The van der Waals surface area contributed by atoms with Crippen molar-refractivity contribution in [1.29, 1.82) is 0 Å². The first-order valence-corrected chi connectivity index (χ1v) is 6.03. The molecule has 0 aromatic carbocycles. The van der Waals surface area contributed by atoms with Crippen LogP contribution in [0.5, 0.6) is 5.75 Å². The molecular formula is C12H17ClN2O2. The average molecular weight is 257 g/mol. The molecule has 4 nitrogen and oxygen atoms in total. The second-order valence-electron chi connectivity index (χ2n) is 3.56. The number of hydrogen-bond acceptors (Lipinski definition) is 3. The van der Waals surface area contributed by atoms with Gasteiger partial charge in [-0.05, 0) is 32.9 Å². The number of ether oxygens (including phenoxy) is 1. The van der Waals surface area contributed by atoms with Crippen LogP contribution in [0.25, 0.3) is 0 Å². The number of aromatic nitrogens is 1. The Morgan fingerprint density at radius 3 is 2.71 bits per heavy atom. The number of carbonyl (C=O) groups is 1. The van der Waals surface area contributed by atoms with Gasteiger partial charge in [-0.2, -0.15) is 0 Å². The lowest BCUT2D eigenvalue weighted by molar-refractivity contribution is -0.137. The van der Waals surface area contributed by atoms with Gasteiger partial charge in [0.1, 0.15) is 0 Å². The van der Waals surface area contributed by atoms with Crippen LogP contribution in [0.2, 0.25) is 5.15 Å². The van der Waals surface area contributed by atoms with Crippen molar-refractivity contribution < 1.29 is 9.53 Å². The molecule has 0 fully saturated rings. The molecule has 1 atom stereocenters. The zero-order chi connectivity index (χ0) is 12.8. The quantitative estimate of drug-likeness (QED) is 0.760. The highest BCUT2D eigenvalue weighted by atomic mass is 35.5. The average Bonchev–Trinajstić information content (AvgIpc) is 2.33. The standard InChI is InChI=1S/C12H17ClN2O2/c1-4-15(5-2)12(16)9(3)17-10-7-6-8-14-11(10)13/h6-9H,4-5H2,1-3H3. The highest BCUT2D eigenvalue weighted by molar-refractivity contribution is 6.30. The number of carbonyl (C=O) groups excluding carboxylic acids is 1. The van der Waals surface area contributed by atoms with E-state index < -0.39 is 6.10 Å². The van der Waals surface area contributed by atoms with Crippen molar-refractivity contribution in [3.05, 3.63) is 23.5 Å². The third-order valence-electron chi connectivity index (χ3n) is 2.45. The van der Waals surface area contributed by atoms with Crippen molar-refractivity contribution in [3.8, 4) is 5.75 Å². The molecule has 94 valence electrons. The molecule has 1 aromatic rings. The van der Waals surface area contributed by atoms with Crippen molar-refractivity contribution >= 4 is 17.5 Å². The predicted octanol–water partition coefficient (Wildman–Crippen LogP) is 2.37. The van der Waals surface area contributed by atoms with Crippen molar-refractivity contribution in [1.82, 2.24) is 9.88 Å². The number of halogens is 1. The third-order valence-corrected chi connectivity index (χ3v) is 2.74. The van der Waals surface area contributed by atoms with Gasteiger partial charge in [0.2, 0.25) is 0 Å². The summed E-state index contributed by atoms with van der Waals surface area (Å²) in [4.78, 5) is 17.6. The Morgan fingerprint density at radius 1 is 1.53 bits per heavy atom. The number of likely N-dealkylation sites (N-methyl/N-ethyl adjacent to an activating group) is 1. The lowest BCUT2D eigenvalue weighted by atomic mass is 10.3. The second-order valence-corrected chi connectivity index (χ2v) is 3.92. The molecule has 0 bridgehead atoms. The van der Waals surface area contributed by atoms with E-state index in [-0.39, 0.29) is 11.1 Å². The van der Waals surface area contributed by atoms with E-state index >= 15 is 0 Å². The van der Waals surface area contributed by atoms with Crippen molar-refractivity contribution in [3.63, 3.8) is 0 Å². The molecule has 1 amide bonds. The van der Waals surface area contributed by atoms with Gasteiger partial charge in [0.15, 0.2) is 17.0 Å². The molecule has 0 radical (unpaired) electrons. The maximum absolute atomic E-state index is 12.0. The smallest absolute Gasteiger partial charge is 0.263 e. The number of pyridine rings is 1. The van der Waals surface area contributed by atoms with Crippen LogP contribution in [0.3, 0.4) is 0 Å². The van der Waals surface area contributed by atoms with E-state index in [0.29, 0.717) is 18.8 Å². The molecule has 1 rings (SSSR count). The Labute approximate surface area is 107 Å². The van der Waals surface area contributed by atoms with Crippen molar-refractivity contribution in [2.45, 2.75) is 26.9 Å². The minimum absolute atomic E-state index is 0.0464. The van der Waals surface area contributed by atoms with Crippen LogP contribution >= 0.6 is 11.6 Å². The maximum atomic E-state index is 12.0. The molecule has 1 aromatic heterocycles. The summed E-state index contributed by atoms with van der Waals surface area (Å²) in [5.41, 5.74) is 0. The molecule has 5 heteroatoms. The second kappa shape index (κ2) is 6.45. The zero-order valence-electron chi connectivity index (χ0n) is 10.3. The van der Waals surface area contributed by atoms with Crippen LogP contribution < -0.4 is 4.74 Å². The summed E-state index contributed by atoms with van der Waals surface area (Å²) in [5.74, 6) is 0.386. The SMILES string of the molecule is CCN(CC)C(=O)C(C)Oc1cccnc1Cl. The van der Waals surface area contributed by atoms with Gasteiger partial charge in [0.05, 0.1) is 0 Å². The van der Waals surface area contributed by atoms with Gasteiger partial charge in [0, 0.05) is 19.3 Å². The molecule has 0 aliphatic heterocycles. The molecule has 0 saturated carbocycles. The van der Waals surface area contributed by atoms with E-state index in [9.17, 15) is 4.79 Å². The molecule has 0 aliphatic carbocycles. The first-order chi connectivity index (χ1) is 8.10. The van der Waals surface area contributed by atoms with Gasteiger partial charge < -0.3 is 9.64 Å². The van der Waals surface area contributed by atoms with Gasteiger partial charge in [-0.1, -0.05) is 11.6 Å². The van der Waals surface area contributed by atoms with Crippen LogP contribution in [0, 0.1) is 0 Å². The molecule has 1 unspecified atom stereocenters. The van der Waals surface area contributed by atoms with E-state index in [1.807, 2.05) is 13.8 Å². The molecule has 0 N–H and O–H groups in total. The van der Waals surface area contributed by atoms with E-state index in [4.69, 9.17) is 16.3 Å². The summed E-state index contributed by atoms with van der Waals surface area (Å²) in [6.45, 7) is 6.92. The predicted molar refractivity (Wildman–Crippen MR) is 67.3 cm³/mol. The largest absolute Gasteiger partial charge is 0.478 e. The summed E-state index contributed by atoms with van der Waals surface area (Å²) in [7, 11) is 0. The fraction of sp³-hybridized carbons (Fsp3) is 0.500. The third kappa shape index (κ3) is 3.60. The van der Waals surface area contributed by atoms with Crippen molar-refractivity contribution in [2.75, 3.05) is 13.1 Å². The summed E-state index contributed by atoms with van der Waals surface area (Å²) >= 11 is 5.86. The summed E-state index contributed by atoms with van der Waals surface area (Å²) in [5, 5.41) is 0.270. The first-order valence-electron chi connectivity index (χ1n) is 5.66. The number of amides is 1. The Morgan fingerprint density at radius 2 is 2.18 bits per heavy atom. The van der Waals surface area contributed by atoms with Gasteiger partial charge in [-0.25, -0.2) is 4.98 Å². The van der Waals surface area contributed by atoms with Crippen LogP contribution in [0.4, 0.5) is 0 Å². The fourth-order valence-electron chi connectivity index (χ4n) is 1.49. The zero-order valence-corrected chi connectivity index (χ0v) is 11.1. The highest BCUT2D eigenvalue weighted by Crippen LogP contribution is 2.21. The van der Waals surface area contributed by atoms with Crippen LogP contribution in [-0.2, 0) is 4.79 Å². The molecule has 0 aliphatic rings. The highest BCUT2D eigenvalue weighted by Gasteiger charge is 2.20. The molecular weight excluding hydrogens is 240 g/mol. The molecule has 0 spiro atoms. The maximum Gasteiger partial charge on any atom is 0.263 e. The minimum atomic E-state index is -0.559. The molecule has 0 saturated heterocycles. The Balaban J connectivity index is 2.69. The fourth-order valence-corrected chi connectivity index (χ4v) is 1.66. The van der Waals surface area contributed by atoms with Gasteiger partial charge >= 0.3 is 0 Å². The molecule has 17 heavy (non-hydrogen) atoms. The number of rotatable bonds is 5. The normalized spacial score (nSPS) is 12.0. The minimum Gasteiger partial charge on any atom is -0.478 e. The van der Waals surface area contributed by atoms with Crippen molar-refractivity contribution in [2.24, 2.45) is 0 Å². The topological polar surface area (TPSA) is 42.4 Å². The first kappa shape index (κ1) is 13.8. The number of hydrogen-bond donors (Lipinski definition) is 0. The number of nitrogens with zero attached hydrogens (tertiary/aromatic N) is 2. The summed E-state index contributed by atoms with van der Waals surface area (Å²) in [6.07, 6.45) is 1.02. The Hall–Kier alpha value is -1.29. The van der Waals surface area contributed by atoms with Crippen LogP contribution in [0.1, 0.15) is 20.8 Å². The summed E-state index contributed by atoms with van der Waals surface area (Å²) in [6, 6.07) is 3.41. The molecule has 1 heterocycles. The Kier molecular flexibility index (Phi) is 5.22. The lowest BCUT2D eigenvalue weighted by Gasteiger charge is -2.23. The summed E-state index contributed by atoms with van der Waals surface area (Å²) < 4.78 is 5.51. The van der Waals surface area contributed by atoms with E-state index in [1.54, 1.807) is 30.2 Å². The van der Waals surface area contributed by atoms with E-state index in [2.05, 4.69) is 4.98 Å². The van der Waals surface area contributed by atoms with Gasteiger partial charge in [-0.15, -0.1) is 0 Å². The van der Waals surface area contributed by atoms with Gasteiger partial charge in [-0.3, -0.25) is 4.79 Å². The van der Waals surface area contributed by atoms with E-state index in [0.717, 1.165) is 0 Å². The van der Waals surface area contributed by atoms with Gasteiger partial charge in [0.25, 0.3) is 5.91 Å². The van der Waals surface area contributed by atoms with Crippen LogP contribution in [0.15, 0.2) is 18.3 Å². The van der Waals surface area contributed by atoms with Crippen LogP contribution in [-0.4, -0.2) is 35.0 Å².